The molecule has 15 heavy (non-hydrogen) atoms. The quantitative estimate of drug-likeness (QED) is 0.826. The maximum atomic E-state index is 13.9. The van der Waals surface area contributed by atoms with E-state index in [4.69, 9.17) is 15.2 Å². The third kappa shape index (κ3) is 1.65. The molecule has 0 aliphatic heterocycles. The average molecular weight is 211 g/mol. The first-order chi connectivity index (χ1) is 7.19. The Bertz CT molecular complexity index is 381. The largest absolute Gasteiger partial charge is 0.496 e. The Balaban J connectivity index is 2.47. The molecule has 2 N–H and O–H groups in total. The van der Waals surface area contributed by atoms with Gasteiger partial charge in [0, 0.05) is 17.5 Å². The summed E-state index contributed by atoms with van der Waals surface area (Å²) in [4.78, 5) is 0. The molecule has 1 aliphatic carbocycles. The summed E-state index contributed by atoms with van der Waals surface area (Å²) in [5.41, 5.74) is 6.27. The van der Waals surface area contributed by atoms with Crippen molar-refractivity contribution >= 4 is 0 Å². The van der Waals surface area contributed by atoms with Gasteiger partial charge in [-0.3, -0.25) is 0 Å². The van der Waals surface area contributed by atoms with Crippen molar-refractivity contribution in [2.75, 3.05) is 14.2 Å². The number of ether oxygens (including phenoxy) is 2. The molecule has 3 nitrogen and oxygen atoms in total. The molecule has 2 rings (SSSR count). The van der Waals surface area contributed by atoms with Crippen LogP contribution in [0.1, 0.15) is 17.9 Å². The zero-order valence-corrected chi connectivity index (χ0v) is 8.79. The molecule has 0 radical (unpaired) electrons. The standard InChI is InChI=1S/C11H14FNO2/c1-14-8-3-4-9(15-2)11(12)10(8)6-5-7(6)13/h3-4,6-7H,5,13H2,1-2H3/t6-,7+/m0/s1. The minimum atomic E-state index is -0.352. The topological polar surface area (TPSA) is 44.5 Å². The molecule has 82 valence electrons. The summed E-state index contributed by atoms with van der Waals surface area (Å²) >= 11 is 0. The summed E-state index contributed by atoms with van der Waals surface area (Å²) in [7, 11) is 2.97. The van der Waals surface area contributed by atoms with E-state index in [2.05, 4.69) is 0 Å². The molecule has 1 fully saturated rings. The molecule has 0 spiro atoms. The highest BCUT2D eigenvalue weighted by molar-refractivity contribution is 5.47. The van der Waals surface area contributed by atoms with Crippen molar-refractivity contribution in [3.63, 3.8) is 0 Å². The normalized spacial score (nSPS) is 23.7. The highest BCUT2D eigenvalue weighted by Gasteiger charge is 2.39. The van der Waals surface area contributed by atoms with Crippen LogP contribution in [0.2, 0.25) is 0 Å². The maximum absolute atomic E-state index is 13.9. The van der Waals surface area contributed by atoms with Gasteiger partial charge in [-0.25, -0.2) is 4.39 Å². The molecule has 0 amide bonds. The van der Waals surface area contributed by atoms with Crippen LogP contribution in [0.15, 0.2) is 12.1 Å². The summed E-state index contributed by atoms with van der Waals surface area (Å²) < 4.78 is 24.0. The zero-order chi connectivity index (χ0) is 11.0. The molecule has 1 aliphatic rings. The molecule has 1 saturated carbocycles. The van der Waals surface area contributed by atoms with Gasteiger partial charge in [0.05, 0.1) is 14.2 Å². The minimum absolute atomic E-state index is 0.0421. The lowest BCUT2D eigenvalue weighted by molar-refractivity contribution is 0.371. The van der Waals surface area contributed by atoms with Crippen LogP contribution in [-0.4, -0.2) is 20.3 Å². The third-order valence-corrected chi connectivity index (χ3v) is 2.75. The van der Waals surface area contributed by atoms with Crippen LogP contribution in [0.3, 0.4) is 0 Å². The summed E-state index contributed by atoms with van der Waals surface area (Å²) in [6.07, 6.45) is 0.806. The summed E-state index contributed by atoms with van der Waals surface area (Å²) in [5.74, 6) is 0.501. The van der Waals surface area contributed by atoms with Gasteiger partial charge in [0.15, 0.2) is 11.6 Å². The van der Waals surface area contributed by atoms with Crippen molar-refractivity contribution in [1.29, 1.82) is 0 Å². The highest BCUT2D eigenvalue weighted by atomic mass is 19.1. The molecule has 1 aromatic rings. The molecule has 2 atom stereocenters. The maximum Gasteiger partial charge on any atom is 0.172 e. The van der Waals surface area contributed by atoms with Crippen LogP contribution in [0.25, 0.3) is 0 Å². The van der Waals surface area contributed by atoms with Crippen LogP contribution in [0.5, 0.6) is 11.5 Å². The number of hydrogen-bond acceptors (Lipinski definition) is 3. The van der Waals surface area contributed by atoms with E-state index in [1.54, 1.807) is 12.1 Å². The first kappa shape index (κ1) is 10.2. The van der Waals surface area contributed by atoms with Gasteiger partial charge in [-0.2, -0.15) is 0 Å². The SMILES string of the molecule is COc1ccc(OC)c([C@H]2C[C@H]2N)c1F. The Morgan fingerprint density at radius 1 is 1.27 bits per heavy atom. The number of nitrogens with two attached hydrogens (primary N) is 1. The first-order valence-corrected chi connectivity index (χ1v) is 4.85. The van der Waals surface area contributed by atoms with Crippen molar-refractivity contribution in [2.24, 2.45) is 5.73 Å². The molecular weight excluding hydrogens is 197 g/mol. The Hall–Kier alpha value is -1.29. The number of rotatable bonds is 3. The number of halogens is 1. The molecule has 4 heteroatoms. The number of methoxy groups -OCH3 is 2. The molecule has 0 bridgehead atoms. The lowest BCUT2D eigenvalue weighted by Gasteiger charge is -2.11. The van der Waals surface area contributed by atoms with Gasteiger partial charge in [-0.1, -0.05) is 0 Å². The van der Waals surface area contributed by atoms with E-state index in [0.29, 0.717) is 11.3 Å². The van der Waals surface area contributed by atoms with Gasteiger partial charge in [0.25, 0.3) is 0 Å². The summed E-state index contributed by atoms with van der Waals surface area (Å²) in [5, 5.41) is 0. The highest BCUT2D eigenvalue weighted by Crippen LogP contribution is 2.46. The minimum Gasteiger partial charge on any atom is -0.496 e. The van der Waals surface area contributed by atoms with Crippen molar-refractivity contribution in [3.05, 3.63) is 23.5 Å². The molecule has 0 heterocycles. The Kier molecular flexibility index (Phi) is 2.52. The average Bonchev–Trinajstić information content (AvgIpc) is 2.94. The summed E-state index contributed by atoms with van der Waals surface area (Å²) in [6.45, 7) is 0. The van der Waals surface area contributed by atoms with E-state index in [0.717, 1.165) is 6.42 Å². The predicted octanol–water partition coefficient (Wildman–Crippen LogP) is 1.66. The van der Waals surface area contributed by atoms with Crippen molar-refractivity contribution in [1.82, 2.24) is 0 Å². The second-order valence-electron chi connectivity index (χ2n) is 3.70. The molecule has 0 saturated heterocycles. The molecule has 1 aromatic carbocycles. The first-order valence-electron chi connectivity index (χ1n) is 4.85. The second-order valence-corrected chi connectivity index (χ2v) is 3.70. The van der Waals surface area contributed by atoms with Gasteiger partial charge in [0.1, 0.15) is 5.75 Å². The number of benzene rings is 1. The van der Waals surface area contributed by atoms with Gasteiger partial charge in [-0.05, 0) is 18.6 Å². The third-order valence-electron chi connectivity index (χ3n) is 2.75. The zero-order valence-electron chi connectivity index (χ0n) is 8.79. The van der Waals surface area contributed by atoms with Crippen LogP contribution >= 0.6 is 0 Å². The Morgan fingerprint density at radius 2 is 1.80 bits per heavy atom. The van der Waals surface area contributed by atoms with E-state index in [9.17, 15) is 4.39 Å². The predicted molar refractivity (Wildman–Crippen MR) is 54.8 cm³/mol. The van der Waals surface area contributed by atoms with E-state index in [1.807, 2.05) is 0 Å². The van der Waals surface area contributed by atoms with Crippen LogP contribution in [0.4, 0.5) is 4.39 Å². The Labute approximate surface area is 88.0 Å². The number of hydrogen-bond donors (Lipinski definition) is 1. The van der Waals surface area contributed by atoms with Gasteiger partial charge < -0.3 is 15.2 Å². The van der Waals surface area contributed by atoms with Crippen molar-refractivity contribution in [3.8, 4) is 11.5 Å². The Morgan fingerprint density at radius 3 is 2.27 bits per heavy atom. The van der Waals surface area contributed by atoms with E-state index in [1.165, 1.54) is 14.2 Å². The van der Waals surface area contributed by atoms with Crippen molar-refractivity contribution < 1.29 is 13.9 Å². The fourth-order valence-electron chi connectivity index (χ4n) is 1.78. The molecular formula is C11H14FNO2. The molecule has 0 unspecified atom stereocenters. The van der Waals surface area contributed by atoms with Gasteiger partial charge in [-0.15, -0.1) is 0 Å². The molecule has 0 aromatic heterocycles. The van der Waals surface area contributed by atoms with E-state index < -0.39 is 0 Å². The lowest BCUT2D eigenvalue weighted by atomic mass is 10.1. The van der Waals surface area contributed by atoms with Crippen LogP contribution in [0, 0.1) is 5.82 Å². The fraction of sp³-hybridized carbons (Fsp3) is 0.455. The van der Waals surface area contributed by atoms with Crippen LogP contribution in [-0.2, 0) is 0 Å². The van der Waals surface area contributed by atoms with Gasteiger partial charge >= 0.3 is 0 Å². The van der Waals surface area contributed by atoms with Gasteiger partial charge in [0.2, 0.25) is 0 Å². The fourth-order valence-corrected chi connectivity index (χ4v) is 1.78. The smallest absolute Gasteiger partial charge is 0.172 e. The van der Waals surface area contributed by atoms with Crippen LogP contribution < -0.4 is 15.2 Å². The second kappa shape index (κ2) is 3.70. The monoisotopic (exact) mass is 211 g/mol. The summed E-state index contributed by atoms with van der Waals surface area (Å²) in [6, 6.07) is 3.31. The van der Waals surface area contributed by atoms with Crippen molar-refractivity contribution in [2.45, 2.75) is 18.4 Å². The van der Waals surface area contributed by atoms with E-state index >= 15 is 0 Å². The lowest BCUT2D eigenvalue weighted by Crippen LogP contribution is -2.05. The van der Waals surface area contributed by atoms with E-state index in [-0.39, 0.29) is 23.5 Å².